The van der Waals surface area contributed by atoms with Gasteiger partial charge in [-0.1, -0.05) is 13.8 Å². The second kappa shape index (κ2) is 9.30. The number of hydrazine groups is 1. The highest BCUT2D eigenvalue weighted by Crippen LogP contribution is 2.31. The normalized spacial score (nSPS) is 37.1. The molecule has 1 amide bonds. The van der Waals surface area contributed by atoms with Crippen molar-refractivity contribution in [2.45, 2.75) is 83.3 Å². The van der Waals surface area contributed by atoms with Crippen molar-refractivity contribution in [3.63, 3.8) is 0 Å². The molecule has 0 bridgehead atoms. The topological polar surface area (TPSA) is 97.8 Å². The predicted octanol–water partition coefficient (Wildman–Crippen LogP) is 1.20. The molecule has 5 N–H and O–H groups in total. The summed E-state index contributed by atoms with van der Waals surface area (Å²) in [5.74, 6) is 1.02. The van der Waals surface area contributed by atoms with Gasteiger partial charge < -0.3 is 10.4 Å². The van der Waals surface area contributed by atoms with E-state index in [1.807, 2.05) is 0 Å². The molecule has 7 nitrogen and oxygen atoms in total. The average Bonchev–Trinajstić information content (AvgIpc) is 3.02. The van der Waals surface area contributed by atoms with E-state index in [2.05, 4.69) is 40.3 Å². The Bertz CT molecular complexity index is 536. The first kappa shape index (κ1) is 20.5. The van der Waals surface area contributed by atoms with Gasteiger partial charge in [0.15, 0.2) is 5.96 Å². The Morgan fingerprint density at radius 1 is 1.19 bits per heavy atom. The summed E-state index contributed by atoms with van der Waals surface area (Å²) in [7, 11) is 0. The predicted molar refractivity (Wildman–Crippen MR) is 102 cm³/mol. The van der Waals surface area contributed by atoms with E-state index in [9.17, 15) is 14.3 Å². The Labute approximate surface area is 160 Å². The highest BCUT2D eigenvalue weighted by molar-refractivity contribution is 5.98. The third kappa shape index (κ3) is 5.62. The first-order valence-corrected chi connectivity index (χ1v) is 10.4. The molecule has 8 heteroatoms. The Balaban J connectivity index is 1.60. The molecular weight excluding hydrogens is 349 g/mol. The van der Waals surface area contributed by atoms with Crippen LogP contribution in [0.5, 0.6) is 0 Å². The van der Waals surface area contributed by atoms with E-state index in [1.54, 1.807) is 0 Å². The third-order valence-corrected chi connectivity index (χ3v) is 5.91. The number of fused-ring (bicyclic) bond motifs is 1. The number of nitrogens with one attached hydrogen (secondary N) is 4. The number of aliphatic imine (C=N–C) groups is 1. The van der Waals surface area contributed by atoms with E-state index in [4.69, 9.17) is 0 Å². The van der Waals surface area contributed by atoms with E-state index in [1.165, 1.54) is 0 Å². The molecule has 0 spiro atoms. The summed E-state index contributed by atoms with van der Waals surface area (Å²) in [6, 6.07) is 0.105. The smallest absolute Gasteiger partial charge is 0.229 e. The second-order valence-corrected chi connectivity index (χ2v) is 8.67. The van der Waals surface area contributed by atoms with Gasteiger partial charge in [0, 0.05) is 24.4 Å². The monoisotopic (exact) mass is 383 g/mol. The molecule has 27 heavy (non-hydrogen) atoms. The Hall–Kier alpha value is -1.25. The van der Waals surface area contributed by atoms with Gasteiger partial charge in [-0.15, -0.1) is 0 Å². The zero-order chi connectivity index (χ0) is 19.4. The van der Waals surface area contributed by atoms with Crippen LogP contribution < -0.4 is 21.5 Å². The minimum Gasteiger partial charge on any atom is -0.393 e. The van der Waals surface area contributed by atoms with Crippen LogP contribution in [0.3, 0.4) is 0 Å². The number of alkyl halides is 1. The standard InChI is InChI=1S/C19H34FN5O2/c1-11(2)10-21-19(23-18(27)12-3-6-14(26)7-4-12)22-17-15-8-5-13(20)9-16(15)24-25-17/h11-17,24-26H,3-10H2,1-2H3,(H2,21,22,23,27). The van der Waals surface area contributed by atoms with Gasteiger partial charge in [0.2, 0.25) is 5.91 Å². The molecule has 2 aliphatic carbocycles. The van der Waals surface area contributed by atoms with Crippen molar-refractivity contribution in [1.82, 2.24) is 21.5 Å². The Morgan fingerprint density at radius 3 is 2.63 bits per heavy atom. The molecule has 3 fully saturated rings. The van der Waals surface area contributed by atoms with E-state index < -0.39 is 6.17 Å². The van der Waals surface area contributed by atoms with Crippen molar-refractivity contribution in [1.29, 1.82) is 0 Å². The van der Waals surface area contributed by atoms with Crippen molar-refractivity contribution < 1.29 is 14.3 Å². The summed E-state index contributed by atoms with van der Waals surface area (Å²) in [6.45, 7) is 4.78. The van der Waals surface area contributed by atoms with Crippen LogP contribution in [0, 0.1) is 17.8 Å². The van der Waals surface area contributed by atoms with Gasteiger partial charge in [0.05, 0.1) is 12.3 Å². The molecule has 1 aliphatic heterocycles. The molecule has 2 saturated carbocycles. The number of guanidine groups is 1. The van der Waals surface area contributed by atoms with Gasteiger partial charge in [0.1, 0.15) is 6.17 Å². The van der Waals surface area contributed by atoms with E-state index in [-0.39, 0.29) is 36.1 Å². The average molecular weight is 384 g/mol. The molecule has 0 radical (unpaired) electrons. The summed E-state index contributed by atoms with van der Waals surface area (Å²) in [5.41, 5.74) is 6.39. The lowest BCUT2D eigenvalue weighted by molar-refractivity contribution is -0.125. The van der Waals surface area contributed by atoms with Crippen LogP contribution in [0.2, 0.25) is 0 Å². The minimum atomic E-state index is -0.741. The van der Waals surface area contributed by atoms with Crippen molar-refractivity contribution in [2.24, 2.45) is 22.7 Å². The van der Waals surface area contributed by atoms with Crippen LogP contribution in [0.1, 0.15) is 58.8 Å². The maximum absolute atomic E-state index is 13.6. The number of rotatable bonds is 4. The Kier molecular flexibility index (Phi) is 7.05. The lowest BCUT2D eigenvalue weighted by Gasteiger charge is -2.30. The van der Waals surface area contributed by atoms with Gasteiger partial charge in [-0.05, 0) is 50.9 Å². The van der Waals surface area contributed by atoms with Crippen LogP contribution in [-0.2, 0) is 4.79 Å². The van der Waals surface area contributed by atoms with Crippen molar-refractivity contribution in [3.8, 4) is 0 Å². The molecular formula is C19H34FN5O2. The molecule has 0 aromatic heterocycles. The second-order valence-electron chi connectivity index (χ2n) is 8.67. The quantitative estimate of drug-likeness (QED) is 0.371. The number of hydrogen-bond donors (Lipinski definition) is 5. The number of aliphatic hydroxyl groups excluding tert-OH is 1. The Morgan fingerprint density at radius 2 is 1.93 bits per heavy atom. The van der Waals surface area contributed by atoms with Gasteiger partial charge >= 0.3 is 0 Å². The summed E-state index contributed by atoms with van der Waals surface area (Å²) in [5, 5.41) is 15.9. The van der Waals surface area contributed by atoms with Crippen molar-refractivity contribution in [3.05, 3.63) is 0 Å². The van der Waals surface area contributed by atoms with Crippen LogP contribution >= 0.6 is 0 Å². The fourth-order valence-electron chi connectivity index (χ4n) is 4.25. The van der Waals surface area contributed by atoms with E-state index in [0.29, 0.717) is 56.9 Å². The van der Waals surface area contributed by atoms with Gasteiger partial charge in [-0.25, -0.2) is 9.82 Å². The number of aliphatic hydroxyl groups is 1. The number of halogens is 1. The van der Waals surface area contributed by atoms with Gasteiger partial charge in [-0.3, -0.25) is 20.5 Å². The molecule has 1 saturated heterocycles. The van der Waals surface area contributed by atoms with Crippen molar-refractivity contribution in [2.75, 3.05) is 6.54 Å². The number of carbonyl (C=O) groups excluding carboxylic acids is 1. The van der Waals surface area contributed by atoms with Gasteiger partial charge in [0.25, 0.3) is 0 Å². The molecule has 0 aromatic carbocycles. The first-order chi connectivity index (χ1) is 12.9. The summed E-state index contributed by atoms with van der Waals surface area (Å²) in [4.78, 5) is 17.2. The van der Waals surface area contributed by atoms with Crippen molar-refractivity contribution >= 4 is 11.9 Å². The molecule has 154 valence electrons. The lowest BCUT2D eigenvalue weighted by Crippen LogP contribution is -2.54. The van der Waals surface area contributed by atoms with Gasteiger partial charge in [-0.2, -0.15) is 0 Å². The van der Waals surface area contributed by atoms with Crippen LogP contribution in [0.25, 0.3) is 0 Å². The molecule has 3 rings (SSSR count). The summed E-state index contributed by atoms with van der Waals surface area (Å²) in [6.07, 6.45) is 3.55. The van der Waals surface area contributed by atoms with Crippen LogP contribution in [0.4, 0.5) is 4.39 Å². The summed E-state index contributed by atoms with van der Waals surface area (Å²) < 4.78 is 13.6. The maximum atomic E-state index is 13.6. The van der Waals surface area contributed by atoms with E-state index >= 15 is 0 Å². The molecule has 1 heterocycles. The molecule has 4 unspecified atom stereocenters. The van der Waals surface area contributed by atoms with Crippen LogP contribution in [0.15, 0.2) is 4.99 Å². The zero-order valence-electron chi connectivity index (χ0n) is 16.4. The first-order valence-electron chi connectivity index (χ1n) is 10.4. The molecule has 4 atom stereocenters. The zero-order valence-corrected chi connectivity index (χ0v) is 16.4. The number of nitrogens with zero attached hydrogens (tertiary/aromatic N) is 1. The largest absolute Gasteiger partial charge is 0.393 e. The third-order valence-electron chi connectivity index (χ3n) is 5.91. The molecule has 3 aliphatic rings. The maximum Gasteiger partial charge on any atom is 0.229 e. The van der Waals surface area contributed by atoms with E-state index in [0.717, 1.165) is 6.42 Å². The highest BCUT2D eigenvalue weighted by Gasteiger charge is 2.41. The fourth-order valence-corrected chi connectivity index (χ4v) is 4.25. The summed E-state index contributed by atoms with van der Waals surface area (Å²) >= 11 is 0. The number of hydrogen-bond acceptors (Lipinski definition) is 5. The minimum absolute atomic E-state index is 0.0353. The number of carbonyl (C=O) groups is 1. The molecule has 0 aromatic rings. The highest BCUT2D eigenvalue weighted by atomic mass is 19.1. The number of amides is 1. The SMILES string of the molecule is CC(C)CN=C(NC(=O)C1CCC(O)CC1)NC1NNC2CC(F)CCC21. The van der Waals surface area contributed by atoms with Crippen LogP contribution in [-0.4, -0.2) is 48.0 Å². The lowest BCUT2D eigenvalue weighted by atomic mass is 9.83. The fraction of sp³-hybridized carbons (Fsp3) is 0.895.